The number of hydrogen-bond acceptors (Lipinski definition) is 20. The zero-order valence-electron chi connectivity index (χ0n) is 29.3. The smallest absolute Gasteiger partial charge is 0.336 e. The molecule has 308 valence electrons. The third-order valence-electron chi connectivity index (χ3n) is 8.74. The molecule has 0 spiro atoms. The number of aldehydes is 2. The standard InChI is InChI=1S/C30H46N2O22/c1-9-16(31-10(2)37)23(18(39)12(5-33)48-9)52-30-21(42)20(41)25(26(54-30)28(45)46)53-29-17(32-11(3)38)24(19(40)13(6-34)49-29)51-15(8-36)50-22(27(43)44)14(7-35)47-4/h7-9,12-26,29-30,33-34,39-42H,5-6H2,1-4H3,(H,31,37)(H,32,38)(H,43,44)(H,45,46). The monoisotopic (exact) mass is 786 g/mol. The van der Waals surface area contributed by atoms with Crippen LogP contribution in [0.1, 0.15) is 20.8 Å². The minimum Gasteiger partial charge on any atom is -0.479 e. The molecule has 0 saturated carbocycles. The molecule has 3 aliphatic rings. The number of aliphatic hydroxyl groups excluding tert-OH is 6. The van der Waals surface area contributed by atoms with Crippen molar-refractivity contribution in [2.45, 2.75) is 131 Å². The van der Waals surface area contributed by atoms with Gasteiger partial charge in [-0.3, -0.25) is 14.4 Å². The first-order valence-corrected chi connectivity index (χ1v) is 16.4. The van der Waals surface area contributed by atoms with Crippen LogP contribution in [0, 0.1) is 0 Å². The Hall–Kier alpha value is -3.34. The summed E-state index contributed by atoms with van der Waals surface area (Å²) in [5.74, 6) is -5.04. The Kier molecular flexibility index (Phi) is 16.7. The third-order valence-corrected chi connectivity index (χ3v) is 8.74. The predicted molar refractivity (Wildman–Crippen MR) is 167 cm³/mol. The van der Waals surface area contributed by atoms with Crippen molar-refractivity contribution in [2.24, 2.45) is 0 Å². The molecular formula is C30H46N2O22. The Balaban J connectivity index is 1.94. The van der Waals surface area contributed by atoms with Crippen LogP contribution >= 0.6 is 0 Å². The summed E-state index contributed by atoms with van der Waals surface area (Å²) in [7, 11) is 0.973. The van der Waals surface area contributed by atoms with E-state index in [1.807, 2.05) is 0 Å². The van der Waals surface area contributed by atoms with Gasteiger partial charge in [0.05, 0.1) is 25.4 Å². The SMILES string of the molecule is COC(C=O)C(OC(C=O)OC1C(O)C(CO)OC(OC2C(C(=O)O)OC(OC3C(O)C(CO)OC(C)C3NC(C)=O)C(O)C2O)C1NC(C)=O)C(=O)O. The molecule has 3 heterocycles. The average Bonchev–Trinajstić information content (AvgIpc) is 3.11. The fourth-order valence-corrected chi connectivity index (χ4v) is 6.15. The van der Waals surface area contributed by atoms with Gasteiger partial charge in [-0.1, -0.05) is 0 Å². The Bertz CT molecular complexity index is 1310. The number of nitrogens with one attached hydrogen (secondary N) is 2. The van der Waals surface area contributed by atoms with Crippen molar-refractivity contribution in [2.75, 3.05) is 20.3 Å². The first-order valence-electron chi connectivity index (χ1n) is 16.4. The van der Waals surface area contributed by atoms with E-state index in [1.165, 1.54) is 6.92 Å². The summed E-state index contributed by atoms with van der Waals surface area (Å²) in [5.41, 5.74) is 0. The zero-order valence-corrected chi connectivity index (χ0v) is 29.3. The van der Waals surface area contributed by atoms with Gasteiger partial charge in [-0.05, 0) is 6.92 Å². The lowest BCUT2D eigenvalue weighted by Crippen LogP contribution is -2.70. The van der Waals surface area contributed by atoms with E-state index in [9.17, 15) is 69.6 Å². The van der Waals surface area contributed by atoms with Gasteiger partial charge in [-0.15, -0.1) is 0 Å². The molecule has 3 fully saturated rings. The summed E-state index contributed by atoms with van der Waals surface area (Å²) in [5, 5.41) is 88.3. The summed E-state index contributed by atoms with van der Waals surface area (Å²) in [4.78, 5) is 71.8. The van der Waals surface area contributed by atoms with Crippen LogP contribution in [0.3, 0.4) is 0 Å². The lowest BCUT2D eigenvalue weighted by molar-refractivity contribution is -0.358. The van der Waals surface area contributed by atoms with Gasteiger partial charge in [0.15, 0.2) is 37.4 Å². The number of aliphatic hydroxyl groups is 6. The molecule has 54 heavy (non-hydrogen) atoms. The molecular weight excluding hydrogens is 740 g/mol. The number of methoxy groups -OCH3 is 1. The van der Waals surface area contributed by atoms with Crippen molar-refractivity contribution in [3.8, 4) is 0 Å². The van der Waals surface area contributed by atoms with E-state index in [4.69, 9.17) is 37.9 Å². The number of amides is 2. The Morgan fingerprint density at radius 2 is 1.30 bits per heavy atom. The molecule has 0 aliphatic carbocycles. The molecule has 3 aliphatic heterocycles. The van der Waals surface area contributed by atoms with Gasteiger partial charge in [0.2, 0.25) is 18.1 Å². The van der Waals surface area contributed by atoms with E-state index in [-0.39, 0.29) is 12.6 Å². The second-order valence-electron chi connectivity index (χ2n) is 12.5. The highest BCUT2D eigenvalue weighted by molar-refractivity contribution is 5.79. The quantitative estimate of drug-likeness (QED) is 0.0456. The first-order chi connectivity index (χ1) is 25.4. The molecule has 24 nitrogen and oxygen atoms in total. The van der Waals surface area contributed by atoms with Crippen LogP contribution < -0.4 is 10.6 Å². The Labute approximate surface area is 306 Å². The number of carbonyl (C=O) groups is 6. The highest BCUT2D eigenvalue weighted by Crippen LogP contribution is 2.33. The fraction of sp³-hybridized carbons (Fsp3) is 0.800. The number of aliphatic carboxylic acids is 2. The van der Waals surface area contributed by atoms with Crippen LogP contribution in [0.5, 0.6) is 0 Å². The van der Waals surface area contributed by atoms with Crippen LogP contribution in [0.4, 0.5) is 0 Å². The molecule has 0 aromatic carbocycles. The molecule has 10 N–H and O–H groups in total. The van der Waals surface area contributed by atoms with Crippen LogP contribution in [-0.4, -0.2) is 208 Å². The molecule has 0 aromatic rings. The van der Waals surface area contributed by atoms with Crippen molar-refractivity contribution >= 4 is 36.3 Å². The van der Waals surface area contributed by atoms with Crippen molar-refractivity contribution in [1.82, 2.24) is 10.6 Å². The van der Waals surface area contributed by atoms with Crippen LogP contribution in [0.25, 0.3) is 0 Å². The number of carboxylic acid groups (broad SMARTS) is 2. The minimum absolute atomic E-state index is 0.0651. The van der Waals surface area contributed by atoms with Crippen molar-refractivity contribution in [1.29, 1.82) is 0 Å². The Morgan fingerprint density at radius 1 is 0.741 bits per heavy atom. The lowest BCUT2D eigenvalue weighted by atomic mass is 9.92. The van der Waals surface area contributed by atoms with Gasteiger partial charge in [0, 0.05) is 21.0 Å². The van der Waals surface area contributed by atoms with Crippen LogP contribution in [0.2, 0.25) is 0 Å². The largest absolute Gasteiger partial charge is 0.479 e. The molecule has 24 heteroatoms. The molecule has 0 bridgehead atoms. The van der Waals surface area contributed by atoms with E-state index in [1.54, 1.807) is 0 Å². The summed E-state index contributed by atoms with van der Waals surface area (Å²) in [6.45, 7) is 1.88. The molecule has 3 saturated heterocycles. The molecule has 18 atom stereocenters. The van der Waals surface area contributed by atoms with Crippen LogP contribution in [-0.2, 0) is 66.7 Å². The topological polar surface area (TPSA) is 362 Å². The van der Waals surface area contributed by atoms with Gasteiger partial charge < -0.3 is 94.2 Å². The van der Waals surface area contributed by atoms with Gasteiger partial charge in [0.25, 0.3) is 0 Å². The first kappa shape index (κ1) is 45.1. The Morgan fingerprint density at radius 3 is 1.80 bits per heavy atom. The molecule has 2 amide bonds. The normalized spacial score (nSPS) is 38.7. The highest BCUT2D eigenvalue weighted by atomic mass is 16.8. The van der Waals surface area contributed by atoms with Gasteiger partial charge in [-0.2, -0.15) is 0 Å². The minimum atomic E-state index is -2.25. The predicted octanol–water partition coefficient (Wildman–Crippen LogP) is -6.89. The van der Waals surface area contributed by atoms with E-state index < -0.39 is 147 Å². The zero-order chi connectivity index (χ0) is 40.6. The summed E-state index contributed by atoms with van der Waals surface area (Å²) in [6, 6.07) is -2.92. The lowest BCUT2D eigenvalue weighted by Gasteiger charge is -2.49. The number of ether oxygens (including phenoxy) is 8. The number of carboxylic acids is 2. The van der Waals surface area contributed by atoms with Crippen molar-refractivity contribution in [3.05, 3.63) is 0 Å². The summed E-state index contributed by atoms with van der Waals surface area (Å²) >= 11 is 0. The van der Waals surface area contributed by atoms with Crippen molar-refractivity contribution < 1.29 is 108 Å². The molecule has 18 unspecified atom stereocenters. The maximum Gasteiger partial charge on any atom is 0.336 e. The number of rotatable bonds is 18. The average molecular weight is 787 g/mol. The summed E-state index contributed by atoms with van der Waals surface area (Å²) in [6.07, 6.45) is -29.8. The molecule has 0 aromatic heterocycles. The van der Waals surface area contributed by atoms with E-state index in [0.29, 0.717) is 0 Å². The van der Waals surface area contributed by atoms with Gasteiger partial charge >= 0.3 is 11.9 Å². The van der Waals surface area contributed by atoms with Crippen LogP contribution in [0.15, 0.2) is 0 Å². The van der Waals surface area contributed by atoms with Crippen molar-refractivity contribution in [3.63, 3.8) is 0 Å². The maximum absolute atomic E-state index is 12.5. The van der Waals surface area contributed by atoms with E-state index >= 15 is 0 Å². The third kappa shape index (κ3) is 10.5. The molecule has 3 rings (SSSR count). The van der Waals surface area contributed by atoms with E-state index in [0.717, 1.165) is 21.0 Å². The highest BCUT2D eigenvalue weighted by Gasteiger charge is 2.56. The second kappa shape index (κ2) is 20.0. The second-order valence-corrected chi connectivity index (χ2v) is 12.5. The summed E-state index contributed by atoms with van der Waals surface area (Å²) < 4.78 is 43.4. The maximum atomic E-state index is 12.5. The fourth-order valence-electron chi connectivity index (χ4n) is 6.15. The van der Waals surface area contributed by atoms with E-state index in [2.05, 4.69) is 10.6 Å². The van der Waals surface area contributed by atoms with Gasteiger partial charge in [-0.25, -0.2) is 9.59 Å². The number of carbonyl (C=O) groups excluding carboxylic acids is 4. The number of hydrogen-bond donors (Lipinski definition) is 10. The van der Waals surface area contributed by atoms with Gasteiger partial charge in [0.1, 0.15) is 67.1 Å². The molecule has 0 radical (unpaired) electrons.